The molecule has 3 atom stereocenters. The third kappa shape index (κ3) is 2.78. The predicted octanol–water partition coefficient (Wildman–Crippen LogP) is 2.49. The summed E-state index contributed by atoms with van der Waals surface area (Å²) < 4.78 is 0. The maximum Gasteiger partial charge on any atom is 0.0223 e. The molecule has 1 saturated heterocycles. The molecular weight excluding hydrogens is 196 g/mol. The van der Waals surface area contributed by atoms with Gasteiger partial charge in [0, 0.05) is 18.6 Å². The van der Waals surface area contributed by atoms with Gasteiger partial charge in [-0.05, 0) is 57.5 Å². The molecular formula is C14H28N2. The molecule has 0 radical (unpaired) electrons. The van der Waals surface area contributed by atoms with Gasteiger partial charge in [-0.1, -0.05) is 13.8 Å². The lowest BCUT2D eigenvalue weighted by Gasteiger charge is -2.40. The van der Waals surface area contributed by atoms with Gasteiger partial charge in [-0.25, -0.2) is 0 Å². The quantitative estimate of drug-likeness (QED) is 0.792. The molecule has 1 saturated carbocycles. The number of hydrogen-bond acceptors (Lipinski definition) is 2. The Bertz CT molecular complexity index is 207. The molecule has 2 heteroatoms. The van der Waals surface area contributed by atoms with Crippen LogP contribution in [0, 0.1) is 11.8 Å². The van der Waals surface area contributed by atoms with Crippen LogP contribution in [0.3, 0.4) is 0 Å². The Morgan fingerprint density at radius 3 is 2.44 bits per heavy atom. The lowest BCUT2D eigenvalue weighted by molar-refractivity contribution is 0.0988. The van der Waals surface area contributed by atoms with Crippen LogP contribution >= 0.6 is 0 Å². The van der Waals surface area contributed by atoms with Crippen molar-refractivity contribution in [1.82, 2.24) is 10.2 Å². The van der Waals surface area contributed by atoms with E-state index in [2.05, 4.69) is 31.1 Å². The van der Waals surface area contributed by atoms with Gasteiger partial charge in [-0.15, -0.1) is 0 Å². The van der Waals surface area contributed by atoms with Crippen molar-refractivity contribution >= 4 is 0 Å². The van der Waals surface area contributed by atoms with E-state index in [0.717, 1.165) is 23.9 Å². The molecule has 0 aromatic rings. The van der Waals surface area contributed by atoms with Crippen LogP contribution in [0.1, 0.15) is 46.0 Å². The van der Waals surface area contributed by atoms with Gasteiger partial charge in [-0.3, -0.25) is 4.90 Å². The normalized spacial score (nSPS) is 41.4. The molecule has 0 amide bonds. The van der Waals surface area contributed by atoms with Crippen molar-refractivity contribution in [3.63, 3.8) is 0 Å². The Morgan fingerprint density at radius 2 is 1.81 bits per heavy atom. The molecule has 2 nitrogen and oxygen atoms in total. The maximum absolute atomic E-state index is 3.36. The van der Waals surface area contributed by atoms with Gasteiger partial charge >= 0.3 is 0 Å². The Kier molecular flexibility index (Phi) is 4.26. The molecule has 16 heavy (non-hydrogen) atoms. The summed E-state index contributed by atoms with van der Waals surface area (Å²) in [7, 11) is 2.09. The second-order valence-corrected chi connectivity index (χ2v) is 6.16. The summed E-state index contributed by atoms with van der Waals surface area (Å²) >= 11 is 0. The first kappa shape index (κ1) is 12.4. The van der Waals surface area contributed by atoms with Crippen LogP contribution in [0.4, 0.5) is 0 Å². The van der Waals surface area contributed by atoms with Crippen LogP contribution in [0.25, 0.3) is 0 Å². The van der Waals surface area contributed by atoms with E-state index in [0.29, 0.717) is 0 Å². The van der Waals surface area contributed by atoms with Crippen molar-refractivity contribution < 1.29 is 0 Å². The van der Waals surface area contributed by atoms with Crippen molar-refractivity contribution in [2.24, 2.45) is 11.8 Å². The Morgan fingerprint density at radius 1 is 1.12 bits per heavy atom. The van der Waals surface area contributed by atoms with Crippen LogP contribution in [0.15, 0.2) is 0 Å². The maximum atomic E-state index is 3.36. The highest BCUT2D eigenvalue weighted by molar-refractivity contribution is 4.89. The second kappa shape index (κ2) is 5.50. The van der Waals surface area contributed by atoms with Gasteiger partial charge in [0.15, 0.2) is 0 Å². The van der Waals surface area contributed by atoms with E-state index < -0.39 is 0 Å². The average molecular weight is 224 g/mol. The van der Waals surface area contributed by atoms with E-state index in [1.165, 1.54) is 45.2 Å². The third-order valence-corrected chi connectivity index (χ3v) is 4.49. The van der Waals surface area contributed by atoms with Gasteiger partial charge in [0.05, 0.1) is 0 Å². The topological polar surface area (TPSA) is 15.3 Å². The van der Waals surface area contributed by atoms with Crippen LogP contribution in [0.2, 0.25) is 0 Å². The number of nitrogens with one attached hydrogen (secondary N) is 1. The van der Waals surface area contributed by atoms with Gasteiger partial charge in [0.2, 0.25) is 0 Å². The summed E-state index contributed by atoms with van der Waals surface area (Å²) in [4.78, 5) is 2.81. The number of hydrogen-bond donors (Lipinski definition) is 1. The molecule has 1 aliphatic heterocycles. The number of rotatable bonds is 3. The van der Waals surface area contributed by atoms with E-state index in [1.807, 2.05) is 0 Å². The minimum absolute atomic E-state index is 0.812. The van der Waals surface area contributed by atoms with Crippen molar-refractivity contribution in [2.45, 2.75) is 58.0 Å². The summed E-state index contributed by atoms with van der Waals surface area (Å²) in [5.74, 6) is 1.87. The monoisotopic (exact) mass is 224 g/mol. The third-order valence-electron chi connectivity index (χ3n) is 4.49. The highest BCUT2D eigenvalue weighted by Gasteiger charge is 2.34. The summed E-state index contributed by atoms with van der Waals surface area (Å²) in [5.41, 5.74) is 0. The van der Waals surface area contributed by atoms with E-state index in [1.54, 1.807) is 0 Å². The second-order valence-electron chi connectivity index (χ2n) is 6.16. The van der Waals surface area contributed by atoms with E-state index in [4.69, 9.17) is 0 Å². The van der Waals surface area contributed by atoms with Crippen LogP contribution in [-0.2, 0) is 0 Å². The molecule has 0 bridgehead atoms. The minimum Gasteiger partial charge on any atom is -0.318 e. The average Bonchev–Trinajstić information content (AvgIpc) is 2.65. The highest BCUT2D eigenvalue weighted by atomic mass is 15.2. The molecule has 2 rings (SSSR count). The Hall–Kier alpha value is -0.0800. The van der Waals surface area contributed by atoms with Crippen molar-refractivity contribution in [3.8, 4) is 0 Å². The van der Waals surface area contributed by atoms with Crippen LogP contribution in [0.5, 0.6) is 0 Å². The van der Waals surface area contributed by atoms with Crippen molar-refractivity contribution in [1.29, 1.82) is 0 Å². The smallest absolute Gasteiger partial charge is 0.0223 e. The number of likely N-dealkylation sites (N-methyl/N-ethyl adjacent to an activating group) is 1. The standard InChI is InChI=1S/C14H28N2/c1-11-7-12(2)9-14(8-11)16-6-4-5-13(16)10-15-3/h11-15H,4-10H2,1-3H3. The lowest BCUT2D eigenvalue weighted by atomic mass is 9.79. The molecule has 0 spiro atoms. The fraction of sp³-hybridized carbons (Fsp3) is 1.00. The molecule has 1 aliphatic carbocycles. The zero-order valence-corrected chi connectivity index (χ0v) is 11.2. The highest BCUT2D eigenvalue weighted by Crippen LogP contribution is 2.34. The van der Waals surface area contributed by atoms with E-state index in [-0.39, 0.29) is 0 Å². The van der Waals surface area contributed by atoms with Crippen molar-refractivity contribution in [2.75, 3.05) is 20.1 Å². The zero-order chi connectivity index (χ0) is 11.5. The fourth-order valence-corrected chi connectivity index (χ4v) is 3.97. The minimum atomic E-state index is 0.812. The molecule has 1 N–H and O–H groups in total. The fourth-order valence-electron chi connectivity index (χ4n) is 3.97. The summed E-state index contributed by atoms with van der Waals surface area (Å²) in [6.45, 7) is 7.40. The summed E-state index contributed by atoms with van der Waals surface area (Å²) in [6, 6.07) is 1.69. The Balaban J connectivity index is 1.94. The van der Waals surface area contributed by atoms with Crippen LogP contribution < -0.4 is 5.32 Å². The largest absolute Gasteiger partial charge is 0.318 e. The molecule has 0 aromatic heterocycles. The molecule has 94 valence electrons. The predicted molar refractivity (Wildman–Crippen MR) is 69.6 cm³/mol. The van der Waals surface area contributed by atoms with Gasteiger partial charge < -0.3 is 5.32 Å². The molecule has 2 fully saturated rings. The molecule has 3 unspecified atom stereocenters. The van der Waals surface area contributed by atoms with Crippen molar-refractivity contribution in [3.05, 3.63) is 0 Å². The van der Waals surface area contributed by atoms with E-state index >= 15 is 0 Å². The number of nitrogens with zero attached hydrogens (tertiary/aromatic N) is 1. The summed E-state index contributed by atoms with van der Waals surface area (Å²) in [6.07, 6.45) is 7.13. The summed E-state index contributed by atoms with van der Waals surface area (Å²) in [5, 5.41) is 3.36. The van der Waals surface area contributed by atoms with Crippen LogP contribution in [-0.4, -0.2) is 37.1 Å². The van der Waals surface area contributed by atoms with Gasteiger partial charge in [-0.2, -0.15) is 0 Å². The first-order chi connectivity index (χ1) is 7.70. The first-order valence-corrected chi connectivity index (χ1v) is 7.11. The molecule has 1 heterocycles. The zero-order valence-electron chi connectivity index (χ0n) is 11.2. The molecule has 0 aromatic carbocycles. The van der Waals surface area contributed by atoms with Gasteiger partial charge in [0.1, 0.15) is 0 Å². The SMILES string of the molecule is CNCC1CCCN1C1CC(C)CC(C)C1. The van der Waals surface area contributed by atoms with E-state index in [9.17, 15) is 0 Å². The Labute approximate surface area is 101 Å². The van der Waals surface area contributed by atoms with Gasteiger partial charge in [0.25, 0.3) is 0 Å². The molecule has 2 aliphatic rings. The number of likely N-dealkylation sites (tertiary alicyclic amines) is 1. The first-order valence-electron chi connectivity index (χ1n) is 7.11. The lowest BCUT2D eigenvalue weighted by Crippen LogP contribution is -2.46.